The molecule has 1 aromatic heterocycles. The second kappa shape index (κ2) is 6.31. The van der Waals surface area contributed by atoms with E-state index in [0.29, 0.717) is 12.1 Å². The van der Waals surface area contributed by atoms with Crippen molar-refractivity contribution in [3.8, 4) is 11.8 Å². The van der Waals surface area contributed by atoms with Gasteiger partial charge >= 0.3 is 0 Å². The SMILES string of the molecule is NCC#Cc1ccc(C(=O)Nc2ccc(=O)[nH]n2)cc1. The molecule has 6 nitrogen and oxygen atoms in total. The molecular weight excluding hydrogens is 256 g/mol. The van der Waals surface area contributed by atoms with E-state index in [1.807, 2.05) is 0 Å². The predicted molar refractivity (Wildman–Crippen MR) is 75.2 cm³/mol. The number of amides is 1. The third-order valence-corrected chi connectivity index (χ3v) is 2.40. The monoisotopic (exact) mass is 268 g/mol. The number of hydrogen-bond donors (Lipinski definition) is 3. The molecule has 100 valence electrons. The smallest absolute Gasteiger partial charge is 0.264 e. The van der Waals surface area contributed by atoms with E-state index in [-0.39, 0.29) is 17.3 Å². The van der Waals surface area contributed by atoms with E-state index in [0.717, 1.165) is 5.56 Å². The molecule has 20 heavy (non-hydrogen) atoms. The molecule has 2 aromatic rings. The number of aromatic nitrogens is 2. The fourth-order valence-electron chi connectivity index (χ4n) is 1.46. The van der Waals surface area contributed by atoms with E-state index in [1.54, 1.807) is 24.3 Å². The minimum Gasteiger partial charge on any atom is -0.320 e. The molecule has 1 amide bonds. The first-order valence-electron chi connectivity index (χ1n) is 5.85. The second-order valence-electron chi connectivity index (χ2n) is 3.84. The number of anilines is 1. The van der Waals surface area contributed by atoms with Gasteiger partial charge in [0, 0.05) is 17.2 Å². The van der Waals surface area contributed by atoms with Crippen molar-refractivity contribution in [1.29, 1.82) is 0 Å². The van der Waals surface area contributed by atoms with Crippen LogP contribution in [0.4, 0.5) is 5.82 Å². The Bertz CT molecular complexity index is 703. The molecule has 6 heteroatoms. The van der Waals surface area contributed by atoms with Gasteiger partial charge in [-0.3, -0.25) is 9.59 Å². The Balaban J connectivity index is 2.09. The van der Waals surface area contributed by atoms with Crippen LogP contribution in [0.5, 0.6) is 0 Å². The highest BCUT2D eigenvalue weighted by Gasteiger charge is 2.06. The number of nitrogens with one attached hydrogen (secondary N) is 2. The van der Waals surface area contributed by atoms with Crippen molar-refractivity contribution in [2.45, 2.75) is 0 Å². The topological polar surface area (TPSA) is 101 Å². The van der Waals surface area contributed by atoms with Crippen LogP contribution in [0.2, 0.25) is 0 Å². The summed E-state index contributed by atoms with van der Waals surface area (Å²) >= 11 is 0. The number of carbonyl (C=O) groups is 1. The first-order valence-corrected chi connectivity index (χ1v) is 5.85. The minimum absolute atomic E-state index is 0.279. The van der Waals surface area contributed by atoms with Crippen LogP contribution < -0.4 is 16.6 Å². The molecule has 1 aromatic carbocycles. The van der Waals surface area contributed by atoms with E-state index in [2.05, 4.69) is 27.4 Å². The lowest BCUT2D eigenvalue weighted by Crippen LogP contribution is -2.15. The molecule has 0 radical (unpaired) electrons. The molecule has 0 atom stereocenters. The van der Waals surface area contributed by atoms with E-state index in [9.17, 15) is 9.59 Å². The van der Waals surface area contributed by atoms with Gasteiger partial charge in [0.25, 0.3) is 11.5 Å². The van der Waals surface area contributed by atoms with E-state index >= 15 is 0 Å². The van der Waals surface area contributed by atoms with Crippen LogP contribution in [0.15, 0.2) is 41.2 Å². The summed E-state index contributed by atoms with van der Waals surface area (Å²) < 4.78 is 0. The van der Waals surface area contributed by atoms with Crippen molar-refractivity contribution in [3.63, 3.8) is 0 Å². The maximum atomic E-state index is 11.9. The molecule has 0 aliphatic carbocycles. The summed E-state index contributed by atoms with van der Waals surface area (Å²) in [6, 6.07) is 9.49. The van der Waals surface area contributed by atoms with Crippen LogP contribution in [0.25, 0.3) is 0 Å². The van der Waals surface area contributed by atoms with Gasteiger partial charge in [-0.15, -0.1) is 0 Å². The van der Waals surface area contributed by atoms with E-state index in [4.69, 9.17) is 5.73 Å². The first-order chi connectivity index (χ1) is 9.69. The van der Waals surface area contributed by atoms with Gasteiger partial charge in [-0.25, -0.2) is 5.10 Å². The number of H-pyrrole nitrogens is 1. The standard InChI is InChI=1S/C14H12N4O2/c15-9-1-2-10-3-5-11(6-4-10)14(20)16-12-7-8-13(19)18-17-12/h3-8H,9,15H2,(H,18,19)(H,16,17,20). The van der Waals surface area contributed by atoms with Crippen molar-refractivity contribution in [2.75, 3.05) is 11.9 Å². The molecule has 0 aliphatic rings. The summed E-state index contributed by atoms with van der Waals surface area (Å²) in [5.41, 5.74) is 6.21. The van der Waals surface area contributed by atoms with Crippen LogP contribution in [0, 0.1) is 11.8 Å². The molecule has 0 saturated heterocycles. The summed E-state index contributed by atoms with van der Waals surface area (Å²) in [6.45, 7) is 0.292. The largest absolute Gasteiger partial charge is 0.320 e. The molecule has 0 spiro atoms. The summed E-state index contributed by atoms with van der Waals surface area (Å²) in [5.74, 6) is 5.56. The van der Waals surface area contributed by atoms with Gasteiger partial charge in [-0.2, -0.15) is 5.10 Å². The predicted octanol–water partition coefficient (Wildman–Crippen LogP) is 0.332. The molecule has 0 bridgehead atoms. The van der Waals surface area contributed by atoms with Gasteiger partial charge in [-0.1, -0.05) is 11.8 Å². The Labute approximate surface area is 115 Å². The number of benzene rings is 1. The molecule has 4 N–H and O–H groups in total. The average molecular weight is 268 g/mol. The van der Waals surface area contributed by atoms with Crippen molar-refractivity contribution in [2.24, 2.45) is 5.73 Å². The van der Waals surface area contributed by atoms with Crippen LogP contribution in [0.3, 0.4) is 0 Å². The Morgan fingerprint density at radius 2 is 2.00 bits per heavy atom. The number of nitrogens with zero attached hydrogens (tertiary/aromatic N) is 1. The summed E-state index contributed by atoms with van der Waals surface area (Å²) in [6.07, 6.45) is 0. The zero-order valence-electron chi connectivity index (χ0n) is 10.5. The Hall–Kier alpha value is -2.91. The Kier molecular flexibility index (Phi) is 4.27. The van der Waals surface area contributed by atoms with Crippen molar-refractivity contribution >= 4 is 11.7 Å². The number of nitrogens with two attached hydrogens (primary N) is 1. The average Bonchev–Trinajstić information content (AvgIpc) is 2.48. The minimum atomic E-state index is -0.328. The summed E-state index contributed by atoms with van der Waals surface area (Å²) in [4.78, 5) is 22.8. The number of aromatic amines is 1. The third-order valence-electron chi connectivity index (χ3n) is 2.40. The zero-order chi connectivity index (χ0) is 14.4. The molecule has 0 fully saturated rings. The van der Waals surface area contributed by atoms with Gasteiger partial charge < -0.3 is 11.1 Å². The van der Waals surface area contributed by atoms with Crippen molar-refractivity contribution < 1.29 is 4.79 Å². The van der Waals surface area contributed by atoms with Gasteiger partial charge in [0.05, 0.1) is 6.54 Å². The van der Waals surface area contributed by atoms with Gasteiger partial charge in [0.1, 0.15) is 0 Å². The second-order valence-corrected chi connectivity index (χ2v) is 3.84. The fourth-order valence-corrected chi connectivity index (χ4v) is 1.46. The van der Waals surface area contributed by atoms with Crippen LogP contribution in [0.1, 0.15) is 15.9 Å². The molecule has 1 heterocycles. The lowest BCUT2D eigenvalue weighted by molar-refractivity contribution is 0.102. The van der Waals surface area contributed by atoms with Crippen molar-refractivity contribution in [3.05, 3.63) is 57.9 Å². The number of hydrogen-bond acceptors (Lipinski definition) is 4. The van der Waals surface area contributed by atoms with Crippen LogP contribution >= 0.6 is 0 Å². The van der Waals surface area contributed by atoms with Gasteiger partial charge in [0.2, 0.25) is 0 Å². The maximum absolute atomic E-state index is 11.9. The van der Waals surface area contributed by atoms with Gasteiger partial charge in [0.15, 0.2) is 5.82 Å². The lowest BCUT2D eigenvalue weighted by atomic mass is 10.1. The van der Waals surface area contributed by atoms with Crippen molar-refractivity contribution in [1.82, 2.24) is 10.2 Å². The lowest BCUT2D eigenvalue weighted by Gasteiger charge is -2.03. The molecule has 0 aliphatic heterocycles. The quantitative estimate of drug-likeness (QED) is 0.683. The number of carbonyl (C=O) groups excluding carboxylic acids is 1. The Morgan fingerprint density at radius 3 is 2.60 bits per heavy atom. The summed E-state index contributed by atoms with van der Waals surface area (Å²) in [5, 5.41) is 8.51. The molecular formula is C14H12N4O2. The first kappa shape index (κ1) is 13.5. The van der Waals surface area contributed by atoms with E-state index < -0.39 is 0 Å². The highest BCUT2D eigenvalue weighted by Crippen LogP contribution is 2.06. The summed E-state index contributed by atoms with van der Waals surface area (Å²) in [7, 11) is 0. The normalized spacial score (nSPS) is 9.45. The van der Waals surface area contributed by atoms with Crippen LogP contribution in [-0.2, 0) is 0 Å². The van der Waals surface area contributed by atoms with E-state index in [1.165, 1.54) is 12.1 Å². The molecule has 2 rings (SSSR count). The third kappa shape index (κ3) is 3.54. The number of rotatable bonds is 2. The zero-order valence-corrected chi connectivity index (χ0v) is 10.5. The maximum Gasteiger partial charge on any atom is 0.264 e. The Morgan fingerprint density at radius 1 is 1.25 bits per heavy atom. The molecule has 0 saturated carbocycles. The van der Waals surface area contributed by atoms with Crippen LogP contribution in [-0.4, -0.2) is 22.6 Å². The fraction of sp³-hybridized carbons (Fsp3) is 0.0714. The van der Waals surface area contributed by atoms with Gasteiger partial charge in [-0.05, 0) is 30.3 Å². The molecule has 0 unspecified atom stereocenters. The highest BCUT2D eigenvalue weighted by atomic mass is 16.2. The highest BCUT2D eigenvalue weighted by molar-refractivity contribution is 6.03.